The Labute approximate surface area is 179 Å². The average molecular weight is 413 g/mol. The summed E-state index contributed by atoms with van der Waals surface area (Å²) in [6.45, 7) is 3.77. The summed E-state index contributed by atoms with van der Waals surface area (Å²) in [4.78, 5) is 11.4. The van der Waals surface area contributed by atoms with Gasteiger partial charge in [0, 0.05) is 36.7 Å². The Hall–Kier alpha value is -2.29. The molecule has 6 atom stereocenters. The molecule has 0 saturated heterocycles. The largest absolute Gasteiger partial charge is 0.489 e. The molecular weight excluding hydrogens is 380 g/mol. The Bertz CT molecular complexity index is 834. The van der Waals surface area contributed by atoms with E-state index in [1.54, 1.807) is 13.0 Å². The molecule has 5 heteroatoms. The molecule has 1 aromatic carbocycles. The number of rotatable bonds is 8. The van der Waals surface area contributed by atoms with Gasteiger partial charge < -0.3 is 19.7 Å². The second kappa shape index (κ2) is 10.1. The molecule has 0 radical (unpaired) electrons. The van der Waals surface area contributed by atoms with Gasteiger partial charge in [0.2, 0.25) is 0 Å². The van der Waals surface area contributed by atoms with Gasteiger partial charge in [0.05, 0.1) is 19.3 Å². The SMILES string of the molecule is CC#CCC(C)C(O)/C=C/C1C(O)CC2Oc3c(CCCC(=O)OC)cccc3C21. The first-order valence-corrected chi connectivity index (χ1v) is 10.8. The number of carbonyl (C=O) groups is 1. The summed E-state index contributed by atoms with van der Waals surface area (Å²) in [5.41, 5.74) is 2.20. The zero-order chi connectivity index (χ0) is 21.7. The molecule has 0 amide bonds. The molecule has 0 aromatic heterocycles. The normalized spacial score (nSPS) is 26.3. The highest BCUT2D eigenvalue weighted by molar-refractivity contribution is 5.69. The van der Waals surface area contributed by atoms with Gasteiger partial charge in [0.1, 0.15) is 11.9 Å². The van der Waals surface area contributed by atoms with Gasteiger partial charge in [0.15, 0.2) is 0 Å². The van der Waals surface area contributed by atoms with Crippen LogP contribution in [-0.2, 0) is 16.0 Å². The molecule has 1 heterocycles. The third-order valence-corrected chi connectivity index (χ3v) is 6.26. The summed E-state index contributed by atoms with van der Waals surface area (Å²) in [6.07, 6.45) is 5.66. The third kappa shape index (κ3) is 4.88. The lowest BCUT2D eigenvalue weighted by atomic mass is 9.86. The van der Waals surface area contributed by atoms with E-state index in [9.17, 15) is 15.0 Å². The molecule has 30 heavy (non-hydrogen) atoms. The number of hydrogen-bond donors (Lipinski definition) is 2. The average Bonchev–Trinajstić information content (AvgIpc) is 3.25. The van der Waals surface area contributed by atoms with Gasteiger partial charge in [-0.3, -0.25) is 4.79 Å². The fraction of sp³-hybridized carbons (Fsp3) is 0.560. The Balaban J connectivity index is 1.73. The van der Waals surface area contributed by atoms with Crippen LogP contribution in [0, 0.1) is 23.7 Å². The van der Waals surface area contributed by atoms with Gasteiger partial charge in [-0.1, -0.05) is 37.3 Å². The Kier molecular flexibility index (Phi) is 7.58. The summed E-state index contributed by atoms with van der Waals surface area (Å²) >= 11 is 0. The second-order valence-corrected chi connectivity index (χ2v) is 8.31. The molecule has 1 fully saturated rings. The molecule has 1 aromatic rings. The van der Waals surface area contributed by atoms with E-state index >= 15 is 0 Å². The van der Waals surface area contributed by atoms with Crippen LogP contribution < -0.4 is 4.74 Å². The van der Waals surface area contributed by atoms with Crippen LogP contribution in [0.4, 0.5) is 0 Å². The van der Waals surface area contributed by atoms with Gasteiger partial charge in [-0.15, -0.1) is 11.8 Å². The number of carbonyl (C=O) groups excluding carboxylic acids is 1. The second-order valence-electron chi connectivity index (χ2n) is 8.31. The third-order valence-electron chi connectivity index (χ3n) is 6.26. The van der Waals surface area contributed by atoms with Crippen LogP contribution in [0.3, 0.4) is 0 Å². The topological polar surface area (TPSA) is 76.0 Å². The highest BCUT2D eigenvalue weighted by Gasteiger charge is 2.48. The maximum atomic E-state index is 11.4. The minimum absolute atomic E-state index is 0.0385. The molecule has 2 aliphatic rings. The fourth-order valence-corrected chi connectivity index (χ4v) is 4.51. The van der Waals surface area contributed by atoms with E-state index in [1.165, 1.54) is 7.11 Å². The van der Waals surface area contributed by atoms with Crippen LogP contribution in [-0.4, -0.2) is 41.6 Å². The number of para-hydroxylation sites is 1. The van der Waals surface area contributed by atoms with E-state index in [4.69, 9.17) is 9.47 Å². The number of aliphatic hydroxyl groups excluding tert-OH is 2. The van der Waals surface area contributed by atoms with E-state index in [0.717, 1.165) is 23.3 Å². The van der Waals surface area contributed by atoms with Crippen molar-refractivity contribution < 1.29 is 24.5 Å². The summed E-state index contributed by atoms with van der Waals surface area (Å²) in [6, 6.07) is 6.13. The van der Waals surface area contributed by atoms with Crippen molar-refractivity contribution in [2.24, 2.45) is 11.8 Å². The number of methoxy groups -OCH3 is 1. The maximum Gasteiger partial charge on any atom is 0.305 e. The smallest absolute Gasteiger partial charge is 0.305 e. The molecule has 1 saturated carbocycles. The summed E-state index contributed by atoms with van der Waals surface area (Å²) in [5.74, 6) is 6.58. The number of esters is 1. The van der Waals surface area contributed by atoms with E-state index in [2.05, 4.69) is 17.9 Å². The predicted molar refractivity (Wildman–Crippen MR) is 115 cm³/mol. The molecule has 3 rings (SSSR count). The zero-order valence-electron chi connectivity index (χ0n) is 18.0. The van der Waals surface area contributed by atoms with Crippen LogP contribution in [0.5, 0.6) is 5.75 Å². The van der Waals surface area contributed by atoms with Crippen molar-refractivity contribution in [2.75, 3.05) is 7.11 Å². The highest BCUT2D eigenvalue weighted by atomic mass is 16.5. The van der Waals surface area contributed by atoms with Crippen molar-refractivity contribution in [3.63, 3.8) is 0 Å². The first-order valence-electron chi connectivity index (χ1n) is 10.8. The van der Waals surface area contributed by atoms with Crippen molar-refractivity contribution in [1.82, 2.24) is 0 Å². The number of aliphatic hydroxyl groups is 2. The first kappa shape index (κ1) is 22.4. The van der Waals surface area contributed by atoms with E-state index in [1.807, 2.05) is 25.1 Å². The molecular formula is C25H32O5. The molecule has 162 valence electrons. The van der Waals surface area contributed by atoms with Crippen LogP contribution >= 0.6 is 0 Å². The van der Waals surface area contributed by atoms with Gasteiger partial charge in [-0.05, 0) is 31.2 Å². The zero-order valence-corrected chi connectivity index (χ0v) is 18.0. The standard InChI is InChI=1S/C25H32O5/c1-4-5-8-16(2)20(26)14-13-18-21(27)15-22-24(18)19-11-6-9-17(25(19)30-22)10-7-12-23(28)29-3/h6,9,11,13-14,16,18,20-22,24,26-27H,7-8,10,12,15H2,1-3H3/b14-13+. The lowest BCUT2D eigenvalue weighted by molar-refractivity contribution is -0.140. The van der Waals surface area contributed by atoms with Gasteiger partial charge in [-0.2, -0.15) is 0 Å². The predicted octanol–water partition coefficient (Wildman–Crippen LogP) is 3.37. The Morgan fingerprint density at radius 3 is 2.97 bits per heavy atom. The minimum atomic E-state index is -0.594. The van der Waals surface area contributed by atoms with Gasteiger partial charge >= 0.3 is 5.97 Å². The number of fused-ring (bicyclic) bond motifs is 3. The number of hydrogen-bond acceptors (Lipinski definition) is 5. The number of benzene rings is 1. The highest BCUT2D eigenvalue weighted by Crippen LogP contribution is 2.52. The van der Waals surface area contributed by atoms with E-state index < -0.39 is 12.2 Å². The van der Waals surface area contributed by atoms with E-state index in [-0.39, 0.29) is 29.8 Å². The number of aryl methyl sites for hydroxylation is 1. The Morgan fingerprint density at radius 2 is 2.23 bits per heavy atom. The fourth-order valence-electron chi connectivity index (χ4n) is 4.51. The molecule has 0 bridgehead atoms. The number of ether oxygens (including phenoxy) is 2. The molecule has 0 spiro atoms. The summed E-state index contributed by atoms with van der Waals surface area (Å²) in [7, 11) is 1.40. The maximum absolute atomic E-state index is 11.4. The Morgan fingerprint density at radius 1 is 1.43 bits per heavy atom. The van der Waals surface area contributed by atoms with Crippen LogP contribution in [0.15, 0.2) is 30.4 Å². The van der Waals surface area contributed by atoms with Crippen LogP contribution in [0.1, 0.15) is 56.6 Å². The van der Waals surface area contributed by atoms with Crippen LogP contribution in [0.2, 0.25) is 0 Å². The molecule has 6 unspecified atom stereocenters. The monoisotopic (exact) mass is 412 g/mol. The summed E-state index contributed by atoms with van der Waals surface area (Å²) in [5, 5.41) is 21.1. The van der Waals surface area contributed by atoms with Crippen molar-refractivity contribution in [3.8, 4) is 17.6 Å². The first-order chi connectivity index (χ1) is 14.5. The van der Waals surface area contributed by atoms with Gasteiger partial charge in [0.25, 0.3) is 0 Å². The molecule has 5 nitrogen and oxygen atoms in total. The van der Waals surface area contributed by atoms with Crippen molar-refractivity contribution >= 4 is 5.97 Å². The van der Waals surface area contributed by atoms with Crippen molar-refractivity contribution in [2.45, 2.75) is 70.2 Å². The van der Waals surface area contributed by atoms with Gasteiger partial charge in [-0.25, -0.2) is 0 Å². The lowest BCUT2D eigenvalue weighted by Crippen LogP contribution is -2.19. The summed E-state index contributed by atoms with van der Waals surface area (Å²) < 4.78 is 11.0. The van der Waals surface area contributed by atoms with Crippen molar-refractivity contribution in [1.29, 1.82) is 0 Å². The van der Waals surface area contributed by atoms with E-state index in [0.29, 0.717) is 25.7 Å². The molecule has 2 N–H and O–H groups in total. The van der Waals surface area contributed by atoms with Crippen LogP contribution in [0.25, 0.3) is 0 Å². The molecule has 1 aliphatic heterocycles. The molecule has 1 aliphatic carbocycles. The lowest BCUT2D eigenvalue weighted by Gasteiger charge is -2.19. The van der Waals surface area contributed by atoms with Crippen molar-refractivity contribution in [3.05, 3.63) is 41.5 Å². The minimum Gasteiger partial charge on any atom is -0.489 e. The quantitative estimate of drug-likeness (QED) is 0.389.